The summed E-state index contributed by atoms with van der Waals surface area (Å²) in [5, 5.41) is 26.2. The molecule has 1 rings (SSSR count). The molecule has 1 aromatic carbocycles. The summed E-state index contributed by atoms with van der Waals surface area (Å²) in [7, 11) is -2.02. The Labute approximate surface area is 73.4 Å². The number of aromatic hydroxyl groups is 1. The summed E-state index contributed by atoms with van der Waals surface area (Å²) in [5.41, 5.74) is -0.546. The van der Waals surface area contributed by atoms with Crippen LogP contribution in [0.3, 0.4) is 0 Å². The Kier molecular flexibility index (Phi) is 2.54. The number of phenols is 1. The second kappa shape index (κ2) is 3.31. The number of hydrogen-bond acceptors (Lipinski definition) is 3. The van der Waals surface area contributed by atoms with Gasteiger partial charge in [0.25, 0.3) is 0 Å². The highest BCUT2D eigenvalue weighted by Gasteiger charge is 2.22. The molecule has 0 atom stereocenters. The second-order valence-corrected chi connectivity index (χ2v) is 2.63. The molecular weight excluding hydrogens is 181 g/mol. The van der Waals surface area contributed by atoms with Crippen LogP contribution in [0.15, 0.2) is 6.07 Å². The van der Waals surface area contributed by atoms with Crippen molar-refractivity contribution in [1.29, 1.82) is 0 Å². The average Bonchev–Trinajstić information content (AvgIpc) is 2.07. The molecule has 6 heteroatoms. The van der Waals surface area contributed by atoms with Crippen LogP contribution in [0.1, 0.15) is 5.56 Å². The summed E-state index contributed by atoms with van der Waals surface area (Å²) < 4.78 is 25.5. The molecule has 0 radical (unpaired) electrons. The molecule has 3 nitrogen and oxygen atoms in total. The topological polar surface area (TPSA) is 60.7 Å². The standard InChI is InChI=1S/C7H7BF2O3/c1-3-2-4(8(12)13)7(11)6(10)5(3)9/h2,11-13H,1H3. The number of halogens is 2. The number of phenolic OH excluding ortho intramolecular Hbond substituents is 1. The molecule has 0 amide bonds. The predicted octanol–water partition coefficient (Wildman–Crippen LogP) is -0.341. The highest BCUT2D eigenvalue weighted by Crippen LogP contribution is 2.18. The zero-order valence-corrected chi connectivity index (χ0v) is 6.75. The molecular formula is C7H7BF2O3. The molecule has 13 heavy (non-hydrogen) atoms. The minimum absolute atomic E-state index is 0.0987. The van der Waals surface area contributed by atoms with Gasteiger partial charge in [-0.1, -0.05) is 6.07 Å². The fourth-order valence-electron chi connectivity index (χ4n) is 0.966. The first kappa shape index (κ1) is 9.95. The van der Waals surface area contributed by atoms with Crippen molar-refractivity contribution in [3.05, 3.63) is 23.3 Å². The molecule has 0 fully saturated rings. The van der Waals surface area contributed by atoms with E-state index in [2.05, 4.69) is 0 Å². The summed E-state index contributed by atoms with van der Waals surface area (Å²) in [5.74, 6) is -3.73. The normalized spacial score (nSPS) is 10.2. The highest BCUT2D eigenvalue weighted by atomic mass is 19.2. The Hall–Kier alpha value is -1.14. The molecule has 0 saturated heterocycles. The molecule has 0 aliphatic carbocycles. The van der Waals surface area contributed by atoms with Gasteiger partial charge >= 0.3 is 7.12 Å². The zero-order valence-electron chi connectivity index (χ0n) is 6.75. The number of aryl methyl sites for hydroxylation is 1. The molecule has 0 saturated carbocycles. The van der Waals surface area contributed by atoms with Gasteiger partial charge in [0.2, 0.25) is 0 Å². The maximum Gasteiger partial charge on any atom is 0.492 e. The van der Waals surface area contributed by atoms with E-state index in [1.165, 1.54) is 6.92 Å². The lowest BCUT2D eigenvalue weighted by Gasteiger charge is -2.06. The third-order valence-electron chi connectivity index (χ3n) is 1.67. The third-order valence-corrected chi connectivity index (χ3v) is 1.67. The van der Waals surface area contributed by atoms with E-state index in [9.17, 15) is 8.78 Å². The van der Waals surface area contributed by atoms with Crippen molar-refractivity contribution in [3.63, 3.8) is 0 Å². The number of benzene rings is 1. The fraction of sp³-hybridized carbons (Fsp3) is 0.143. The van der Waals surface area contributed by atoms with Crippen molar-refractivity contribution in [3.8, 4) is 5.75 Å². The number of hydrogen-bond donors (Lipinski definition) is 3. The van der Waals surface area contributed by atoms with Gasteiger partial charge in [-0.25, -0.2) is 4.39 Å². The predicted molar refractivity (Wildman–Crippen MR) is 42.6 cm³/mol. The van der Waals surface area contributed by atoms with Gasteiger partial charge in [0, 0.05) is 5.46 Å². The average molecular weight is 188 g/mol. The Morgan fingerprint density at radius 1 is 1.23 bits per heavy atom. The van der Waals surface area contributed by atoms with E-state index in [1.807, 2.05) is 0 Å². The van der Waals surface area contributed by atoms with Gasteiger partial charge < -0.3 is 15.2 Å². The van der Waals surface area contributed by atoms with Gasteiger partial charge in [0.1, 0.15) is 0 Å². The molecule has 1 aromatic rings. The molecule has 3 N–H and O–H groups in total. The lowest BCUT2D eigenvalue weighted by Crippen LogP contribution is -2.31. The fourth-order valence-corrected chi connectivity index (χ4v) is 0.966. The summed E-state index contributed by atoms with van der Waals surface area (Å²) in [6.45, 7) is 1.25. The largest absolute Gasteiger partial charge is 0.505 e. The monoisotopic (exact) mass is 188 g/mol. The van der Waals surface area contributed by atoms with Crippen molar-refractivity contribution in [2.45, 2.75) is 6.92 Å². The molecule has 0 heterocycles. The molecule has 0 aliphatic rings. The van der Waals surface area contributed by atoms with E-state index in [-0.39, 0.29) is 5.56 Å². The smallest absolute Gasteiger partial charge is 0.492 e. The van der Waals surface area contributed by atoms with Gasteiger partial charge in [-0.05, 0) is 12.5 Å². The minimum atomic E-state index is -2.02. The van der Waals surface area contributed by atoms with E-state index < -0.39 is 30.0 Å². The van der Waals surface area contributed by atoms with Crippen molar-refractivity contribution in [2.75, 3.05) is 0 Å². The molecule has 0 bridgehead atoms. The van der Waals surface area contributed by atoms with Crippen molar-refractivity contribution < 1.29 is 23.9 Å². The van der Waals surface area contributed by atoms with Crippen LogP contribution in [0.2, 0.25) is 0 Å². The van der Waals surface area contributed by atoms with Gasteiger partial charge in [0.15, 0.2) is 17.4 Å². The lowest BCUT2D eigenvalue weighted by atomic mass is 9.78. The highest BCUT2D eigenvalue weighted by molar-refractivity contribution is 6.59. The van der Waals surface area contributed by atoms with Crippen LogP contribution in [0, 0.1) is 18.6 Å². The van der Waals surface area contributed by atoms with E-state index in [0.717, 1.165) is 6.07 Å². The second-order valence-electron chi connectivity index (χ2n) is 2.63. The number of rotatable bonds is 1. The van der Waals surface area contributed by atoms with E-state index in [4.69, 9.17) is 15.2 Å². The lowest BCUT2D eigenvalue weighted by molar-refractivity contribution is 0.396. The first-order valence-electron chi connectivity index (χ1n) is 3.48. The summed E-state index contributed by atoms with van der Waals surface area (Å²) >= 11 is 0. The van der Waals surface area contributed by atoms with Gasteiger partial charge in [-0.15, -0.1) is 0 Å². The van der Waals surface area contributed by atoms with Crippen LogP contribution in [0.5, 0.6) is 5.75 Å². The van der Waals surface area contributed by atoms with Crippen LogP contribution in [-0.2, 0) is 0 Å². The molecule has 0 unspecified atom stereocenters. The van der Waals surface area contributed by atoms with Crippen LogP contribution in [0.4, 0.5) is 8.78 Å². The Balaban J connectivity index is 3.41. The van der Waals surface area contributed by atoms with Gasteiger partial charge in [-0.2, -0.15) is 4.39 Å². The third kappa shape index (κ3) is 1.63. The Bertz CT molecular complexity index is 341. The summed E-state index contributed by atoms with van der Waals surface area (Å²) in [6, 6.07) is 0.971. The maximum absolute atomic E-state index is 12.8. The van der Waals surface area contributed by atoms with Crippen LogP contribution >= 0.6 is 0 Å². The van der Waals surface area contributed by atoms with Crippen molar-refractivity contribution in [2.24, 2.45) is 0 Å². The first-order valence-corrected chi connectivity index (χ1v) is 3.48. The van der Waals surface area contributed by atoms with Gasteiger partial charge in [0.05, 0.1) is 0 Å². The Morgan fingerprint density at radius 2 is 1.77 bits per heavy atom. The van der Waals surface area contributed by atoms with E-state index >= 15 is 0 Å². The summed E-state index contributed by atoms with van der Waals surface area (Å²) in [6.07, 6.45) is 0. The van der Waals surface area contributed by atoms with Crippen LogP contribution < -0.4 is 5.46 Å². The van der Waals surface area contributed by atoms with Crippen LogP contribution in [0.25, 0.3) is 0 Å². The quantitative estimate of drug-likeness (QED) is 0.528. The molecule has 70 valence electrons. The maximum atomic E-state index is 12.8. The molecule has 0 spiro atoms. The zero-order chi connectivity index (χ0) is 10.2. The van der Waals surface area contributed by atoms with E-state index in [0.29, 0.717) is 0 Å². The van der Waals surface area contributed by atoms with E-state index in [1.54, 1.807) is 0 Å². The van der Waals surface area contributed by atoms with Crippen LogP contribution in [-0.4, -0.2) is 22.3 Å². The molecule has 0 aromatic heterocycles. The minimum Gasteiger partial charge on any atom is -0.505 e. The Morgan fingerprint density at radius 3 is 2.23 bits per heavy atom. The van der Waals surface area contributed by atoms with Crippen molar-refractivity contribution >= 4 is 12.6 Å². The SMILES string of the molecule is Cc1cc(B(O)O)c(O)c(F)c1F. The first-order chi connectivity index (χ1) is 5.95. The molecule has 0 aliphatic heterocycles. The summed E-state index contributed by atoms with van der Waals surface area (Å²) in [4.78, 5) is 0. The van der Waals surface area contributed by atoms with Gasteiger partial charge in [-0.3, -0.25) is 0 Å². The van der Waals surface area contributed by atoms with Crippen molar-refractivity contribution in [1.82, 2.24) is 0 Å².